The Morgan fingerprint density at radius 2 is 1.95 bits per heavy atom. The molecule has 6 rings (SSSR count). The number of fused-ring (bicyclic) bond motifs is 1. The number of ether oxygens (including phenoxy) is 1. The Hall–Kier alpha value is -4.10. The van der Waals surface area contributed by atoms with Gasteiger partial charge in [0.05, 0.1) is 33.7 Å². The van der Waals surface area contributed by atoms with E-state index >= 15 is 0 Å². The fourth-order valence-corrected chi connectivity index (χ4v) is 6.61. The van der Waals surface area contributed by atoms with Crippen molar-refractivity contribution in [1.82, 2.24) is 14.1 Å². The van der Waals surface area contributed by atoms with Gasteiger partial charge in [0.2, 0.25) is 0 Å². The number of rotatable bonds is 9. The first-order valence-electron chi connectivity index (χ1n) is 13.7. The topological polar surface area (TPSA) is 119 Å². The van der Waals surface area contributed by atoms with Gasteiger partial charge in [-0.1, -0.05) is 18.2 Å². The Morgan fingerprint density at radius 1 is 1.18 bits per heavy atom. The van der Waals surface area contributed by atoms with Crippen LogP contribution in [0.3, 0.4) is 0 Å². The molecule has 1 atom stereocenters. The molecule has 10 heteroatoms. The average molecular weight is 558 g/mol. The van der Waals surface area contributed by atoms with E-state index in [4.69, 9.17) is 4.74 Å². The lowest BCUT2D eigenvalue weighted by Crippen LogP contribution is -2.21. The van der Waals surface area contributed by atoms with Gasteiger partial charge in [-0.15, -0.1) is 0 Å². The van der Waals surface area contributed by atoms with Crippen LogP contribution >= 0.6 is 0 Å². The third-order valence-corrected chi connectivity index (χ3v) is 9.74. The summed E-state index contributed by atoms with van der Waals surface area (Å²) in [6.07, 6.45) is 9.59. The van der Waals surface area contributed by atoms with Crippen LogP contribution < -0.4 is 5.32 Å². The normalized spacial score (nSPS) is 16.3. The van der Waals surface area contributed by atoms with Gasteiger partial charge >= 0.3 is 6.09 Å². The number of nitrogens with one attached hydrogen (secondary N) is 1. The molecule has 1 unspecified atom stereocenters. The number of aryl methyl sites for hydroxylation is 1. The van der Waals surface area contributed by atoms with E-state index in [1.807, 2.05) is 19.1 Å². The van der Waals surface area contributed by atoms with Crippen molar-refractivity contribution in [2.45, 2.75) is 62.6 Å². The van der Waals surface area contributed by atoms with Gasteiger partial charge in [-0.05, 0) is 74.8 Å². The average Bonchev–Trinajstić information content (AvgIpc) is 3.55. The number of sulfone groups is 1. The van der Waals surface area contributed by atoms with Gasteiger partial charge in [-0.3, -0.25) is 5.32 Å². The maximum absolute atomic E-state index is 13.2. The first kappa shape index (κ1) is 26.1. The van der Waals surface area contributed by atoms with Crippen LogP contribution in [0, 0.1) is 17.2 Å². The molecule has 2 aliphatic carbocycles. The molecule has 2 aromatic carbocycles. The lowest BCUT2D eigenvalue weighted by molar-refractivity contribution is 0.108. The first-order chi connectivity index (χ1) is 19.3. The largest absolute Gasteiger partial charge is 0.446 e. The minimum atomic E-state index is -3.56. The molecule has 2 fully saturated rings. The van der Waals surface area contributed by atoms with Gasteiger partial charge in [0, 0.05) is 36.1 Å². The summed E-state index contributed by atoms with van der Waals surface area (Å²) in [5, 5.41) is 13.8. The number of anilines is 1. The van der Waals surface area contributed by atoms with E-state index in [0.29, 0.717) is 23.7 Å². The van der Waals surface area contributed by atoms with Crippen LogP contribution in [0.4, 0.5) is 10.5 Å². The van der Waals surface area contributed by atoms with Crippen molar-refractivity contribution in [3.8, 4) is 17.3 Å². The smallest absolute Gasteiger partial charge is 0.411 e. The summed E-state index contributed by atoms with van der Waals surface area (Å²) >= 11 is 0. The summed E-state index contributed by atoms with van der Waals surface area (Å²) in [6, 6.07) is 15.0. The molecule has 206 valence electrons. The number of hydrogen-bond acceptors (Lipinski definition) is 6. The van der Waals surface area contributed by atoms with Crippen LogP contribution in [0.2, 0.25) is 0 Å². The van der Waals surface area contributed by atoms with Crippen molar-refractivity contribution in [2.24, 2.45) is 5.92 Å². The highest BCUT2D eigenvalue weighted by molar-refractivity contribution is 7.91. The van der Waals surface area contributed by atoms with E-state index in [2.05, 4.69) is 20.9 Å². The van der Waals surface area contributed by atoms with Gasteiger partial charge in [0.1, 0.15) is 12.2 Å². The first-order valence-corrected chi connectivity index (χ1v) is 15.3. The zero-order valence-electron chi connectivity index (χ0n) is 22.3. The molecule has 0 spiro atoms. The fourth-order valence-electron chi connectivity index (χ4n) is 5.36. The minimum absolute atomic E-state index is 0.0483. The van der Waals surface area contributed by atoms with Crippen molar-refractivity contribution < 1.29 is 17.9 Å². The van der Waals surface area contributed by atoms with E-state index < -0.39 is 15.9 Å². The number of carbonyl (C=O) groups is 1. The van der Waals surface area contributed by atoms with Gasteiger partial charge in [-0.25, -0.2) is 18.2 Å². The Morgan fingerprint density at radius 3 is 2.58 bits per heavy atom. The van der Waals surface area contributed by atoms with Crippen LogP contribution in [0.15, 0.2) is 66.1 Å². The summed E-state index contributed by atoms with van der Waals surface area (Å²) in [7, 11) is -3.56. The highest BCUT2D eigenvalue weighted by atomic mass is 32.2. The molecule has 2 saturated carbocycles. The second-order valence-electron chi connectivity index (χ2n) is 10.7. The number of nitrogens with zero attached hydrogens (tertiary/aromatic N) is 4. The fraction of sp³-hybridized carbons (Fsp3) is 0.367. The third-order valence-electron chi connectivity index (χ3n) is 8.05. The summed E-state index contributed by atoms with van der Waals surface area (Å²) in [5.41, 5.74) is 3.47. The molecule has 2 aromatic heterocycles. The predicted molar refractivity (Wildman–Crippen MR) is 152 cm³/mol. The van der Waals surface area contributed by atoms with Gasteiger partial charge in [-0.2, -0.15) is 5.26 Å². The number of amides is 1. The van der Waals surface area contributed by atoms with Crippen molar-refractivity contribution in [1.29, 1.82) is 5.26 Å². The van der Waals surface area contributed by atoms with Crippen molar-refractivity contribution in [2.75, 3.05) is 11.1 Å². The SMILES string of the molecule is CC(OC(=O)Nc1ccc(-c2c(C#N)c3ccc(S(=O)(=O)CCn4ccnc4)cc3n2C2CCC2)cc1)C1CC1. The lowest BCUT2D eigenvalue weighted by atomic mass is 9.92. The number of hydrogen-bond donors (Lipinski definition) is 1. The van der Waals surface area contributed by atoms with Crippen LogP contribution in [-0.4, -0.2) is 40.5 Å². The Kier molecular flexibility index (Phi) is 6.84. The Labute approximate surface area is 233 Å². The molecule has 2 aliphatic rings. The number of nitriles is 1. The van der Waals surface area contributed by atoms with Crippen LogP contribution in [0.5, 0.6) is 0 Å². The standard InChI is InChI=1S/C30H31N5O4S/c1-20(21-5-6-21)39-30(36)33-23-9-7-22(8-10-23)29-27(18-31)26-12-11-25(17-28(26)35(29)24-3-2-4-24)40(37,38)16-15-34-14-13-32-19-34/h7-14,17,19-21,24H,2-6,15-16H2,1H3,(H,33,36). The molecule has 0 aliphatic heterocycles. The van der Waals surface area contributed by atoms with Gasteiger partial charge < -0.3 is 13.9 Å². The zero-order chi connectivity index (χ0) is 27.9. The Bertz CT molecular complexity index is 1690. The predicted octanol–water partition coefficient (Wildman–Crippen LogP) is 5.92. The van der Waals surface area contributed by atoms with Crippen LogP contribution in [0.25, 0.3) is 22.2 Å². The molecular formula is C30H31N5O4S. The van der Waals surface area contributed by atoms with Crippen molar-refractivity contribution >= 4 is 32.5 Å². The lowest BCUT2D eigenvalue weighted by Gasteiger charge is -2.30. The minimum Gasteiger partial charge on any atom is -0.446 e. The number of aromatic nitrogens is 3. The summed E-state index contributed by atoms with van der Waals surface area (Å²) in [5.74, 6) is 0.408. The maximum Gasteiger partial charge on any atom is 0.411 e. The summed E-state index contributed by atoms with van der Waals surface area (Å²) in [4.78, 5) is 16.5. The third kappa shape index (κ3) is 5.09. The number of imidazole rings is 1. The van der Waals surface area contributed by atoms with Crippen LogP contribution in [0.1, 0.15) is 50.6 Å². The van der Waals surface area contributed by atoms with Gasteiger partial charge in [0.25, 0.3) is 0 Å². The molecule has 4 aromatic rings. The monoisotopic (exact) mass is 557 g/mol. The summed E-state index contributed by atoms with van der Waals surface area (Å²) < 4.78 is 35.8. The van der Waals surface area contributed by atoms with E-state index in [1.54, 1.807) is 53.6 Å². The molecule has 0 bridgehead atoms. The molecule has 2 heterocycles. The second-order valence-corrected chi connectivity index (χ2v) is 12.8. The second kappa shape index (κ2) is 10.5. The molecule has 9 nitrogen and oxygen atoms in total. The van der Waals surface area contributed by atoms with E-state index in [-0.39, 0.29) is 22.8 Å². The van der Waals surface area contributed by atoms with E-state index in [0.717, 1.165) is 54.3 Å². The molecule has 0 radical (unpaired) electrons. The highest BCUT2D eigenvalue weighted by Gasteiger charge is 2.31. The molecule has 0 saturated heterocycles. The Balaban J connectivity index is 1.33. The molecule has 1 amide bonds. The molecular weight excluding hydrogens is 526 g/mol. The summed E-state index contributed by atoms with van der Waals surface area (Å²) in [6.45, 7) is 2.23. The number of carbonyl (C=O) groups excluding carboxylic acids is 1. The van der Waals surface area contributed by atoms with Crippen molar-refractivity contribution in [3.05, 3.63) is 66.7 Å². The van der Waals surface area contributed by atoms with E-state index in [9.17, 15) is 18.5 Å². The van der Waals surface area contributed by atoms with E-state index in [1.165, 1.54) is 0 Å². The quantitative estimate of drug-likeness (QED) is 0.273. The highest BCUT2D eigenvalue weighted by Crippen LogP contribution is 2.43. The van der Waals surface area contributed by atoms with Gasteiger partial charge in [0.15, 0.2) is 9.84 Å². The maximum atomic E-state index is 13.2. The molecule has 40 heavy (non-hydrogen) atoms. The van der Waals surface area contributed by atoms with Crippen LogP contribution in [-0.2, 0) is 21.1 Å². The molecule has 1 N–H and O–H groups in total. The zero-order valence-corrected chi connectivity index (χ0v) is 23.1. The van der Waals surface area contributed by atoms with Crippen molar-refractivity contribution in [3.63, 3.8) is 0 Å². The number of benzene rings is 2.